The molecule has 6 heteroatoms. The highest BCUT2D eigenvalue weighted by molar-refractivity contribution is 5.96. The van der Waals surface area contributed by atoms with E-state index in [4.69, 9.17) is 0 Å². The predicted octanol–water partition coefficient (Wildman–Crippen LogP) is 0.998. The van der Waals surface area contributed by atoms with Crippen molar-refractivity contribution in [3.63, 3.8) is 0 Å². The van der Waals surface area contributed by atoms with Gasteiger partial charge < -0.3 is 10.2 Å². The second kappa shape index (κ2) is 6.28. The fourth-order valence-electron chi connectivity index (χ4n) is 2.73. The van der Waals surface area contributed by atoms with Crippen LogP contribution < -0.4 is 5.32 Å². The molecule has 116 valence electrons. The molecule has 0 aromatic carbocycles. The molecular weight excluding hydrogens is 268 g/mol. The zero-order chi connectivity index (χ0) is 15.6. The van der Waals surface area contributed by atoms with Gasteiger partial charge in [-0.05, 0) is 25.8 Å². The van der Waals surface area contributed by atoms with Gasteiger partial charge in [-0.25, -0.2) is 0 Å². The standard InChI is InChI=1S/C15H24N4O2/c1-5-7-13-14(20)16-10(3)15(21)19(13)9-12-8-11(6-2)17-18(12)4/h8,10,13H,5-7,9H2,1-4H3,(H,16,20). The molecule has 2 heterocycles. The smallest absolute Gasteiger partial charge is 0.245 e. The summed E-state index contributed by atoms with van der Waals surface area (Å²) in [5, 5.41) is 7.16. The summed E-state index contributed by atoms with van der Waals surface area (Å²) in [5.41, 5.74) is 1.96. The second-order valence-corrected chi connectivity index (χ2v) is 5.61. The zero-order valence-corrected chi connectivity index (χ0v) is 13.2. The van der Waals surface area contributed by atoms with Crippen LogP contribution in [0, 0.1) is 0 Å². The lowest BCUT2D eigenvalue weighted by molar-refractivity contribution is -0.149. The number of amides is 2. The van der Waals surface area contributed by atoms with E-state index in [1.807, 2.05) is 27.0 Å². The van der Waals surface area contributed by atoms with Crippen LogP contribution in [0.5, 0.6) is 0 Å². The Hall–Kier alpha value is -1.85. The highest BCUT2D eigenvalue weighted by atomic mass is 16.2. The molecule has 0 spiro atoms. The summed E-state index contributed by atoms with van der Waals surface area (Å²) in [7, 11) is 1.88. The topological polar surface area (TPSA) is 67.2 Å². The molecule has 6 nitrogen and oxygen atoms in total. The van der Waals surface area contributed by atoms with Gasteiger partial charge in [-0.15, -0.1) is 0 Å². The van der Waals surface area contributed by atoms with Crippen molar-refractivity contribution in [3.05, 3.63) is 17.5 Å². The molecule has 1 N–H and O–H groups in total. The van der Waals surface area contributed by atoms with Gasteiger partial charge in [-0.3, -0.25) is 14.3 Å². The monoisotopic (exact) mass is 292 g/mol. The fraction of sp³-hybridized carbons (Fsp3) is 0.667. The molecule has 1 saturated heterocycles. The normalized spacial score (nSPS) is 22.6. The maximum Gasteiger partial charge on any atom is 0.245 e. The minimum absolute atomic E-state index is 0.0210. The largest absolute Gasteiger partial charge is 0.343 e. The number of aromatic nitrogens is 2. The van der Waals surface area contributed by atoms with Crippen molar-refractivity contribution in [1.82, 2.24) is 20.0 Å². The van der Waals surface area contributed by atoms with Gasteiger partial charge >= 0.3 is 0 Å². The van der Waals surface area contributed by atoms with Crippen molar-refractivity contribution in [2.24, 2.45) is 7.05 Å². The van der Waals surface area contributed by atoms with E-state index < -0.39 is 6.04 Å². The molecule has 1 aliphatic rings. The van der Waals surface area contributed by atoms with Crippen LogP contribution in [0.2, 0.25) is 0 Å². The van der Waals surface area contributed by atoms with Crippen molar-refractivity contribution in [1.29, 1.82) is 0 Å². The maximum absolute atomic E-state index is 12.4. The minimum atomic E-state index is -0.454. The van der Waals surface area contributed by atoms with Crippen LogP contribution in [0.3, 0.4) is 0 Å². The van der Waals surface area contributed by atoms with E-state index in [0.717, 1.165) is 24.2 Å². The lowest BCUT2D eigenvalue weighted by Gasteiger charge is -2.37. The second-order valence-electron chi connectivity index (χ2n) is 5.61. The number of hydrogen-bond acceptors (Lipinski definition) is 3. The summed E-state index contributed by atoms with van der Waals surface area (Å²) >= 11 is 0. The molecule has 0 saturated carbocycles. The SMILES string of the molecule is CCCC1C(=O)NC(C)C(=O)N1Cc1cc(CC)nn1C. The number of carbonyl (C=O) groups is 2. The molecule has 0 bridgehead atoms. The number of carbonyl (C=O) groups excluding carboxylic acids is 2. The van der Waals surface area contributed by atoms with Crippen LogP contribution in [0.25, 0.3) is 0 Å². The first-order valence-electron chi connectivity index (χ1n) is 7.60. The van der Waals surface area contributed by atoms with Gasteiger partial charge in [0.05, 0.1) is 17.9 Å². The summed E-state index contributed by atoms with van der Waals surface area (Å²) in [4.78, 5) is 26.3. The Balaban J connectivity index is 2.25. The number of nitrogens with zero attached hydrogens (tertiary/aromatic N) is 3. The van der Waals surface area contributed by atoms with Gasteiger partial charge in [0.15, 0.2) is 0 Å². The third-order valence-electron chi connectivity index (χ3n) is 3.98. The molecule has 2 rings (SSSR count). The highest BCUT2D eigenvalue weighted by Gasteiger charge is 2.38. The average Bonchev–Trinajstić information content (AvgIpc) is 2.80. The fourth-order valence-corrected chi connectivity index (χ4v) is 2.73. The number of aryl methyl sites for hydroxylation is 2. The summed E-state index contributed by atoms with van der Waals surface area (Å²) in [6.45, 7) is 6.24. The van der Waals surface area contributed by atoms with Gasteiger partial charge in [-0.1, -0.05) is 20.3 Å². The Morgan fingerprint density at radius 2 is 2.05 bits per heavy atom. The maximum atomic E-state index is 12.4. The first kappa shape index (κ1) is 15.5. The lowest BCUT2D eigenvalue weighted by atomic mass is 10.0. The summed E-state index contributed by atoms with van der Waals surface area (Å²) < 4.78 is 1.80. The molecule has 0 aliphatic carbocycles. The first-order chi connectivity index (χ1) is 9.97. The molecule has 1 fully saturated rings. The molecule has 2 amide bonds. The average molecular weight is 292 g/mol. The predicted molar refractivity (Wildman–Crippen MR) is 79.4 cm³/mol. The summed E-state index contributed by atoms with van der Waals surface area (Å²) in [6, 6.07) is 1.18. The molecule has 2 atom stereocenters. The van der Waals surface area contributed by atoms with Crippen molar-refractivity contribution >= 4 is 11.8 Å². The van der Waals surface area contributed by atoms with Crippen molar-refractivity contribution in [2.75, 3.05) is 0 Å². The van der Waals surface area contributed by atoms with Gasteiger partial charge in [0.2, 0.25) is 11.8 Å². The lowest BCUT2D eigenvalue weighted by Crippen LogP contribution is -2.62. The van der Waals surface area contributed by atoms with Gasteiger partial charge in [0.25, 0.3) is 0 Å². The Kier molecular flexibility index (Phi) is 4.65. The van der Waals surface area contributed by atoms with Crippen LogP contribution in [0.1, 0.15) is 45.0 Å². The van der Waals surface area contributed by atoms with Gasteiger partial charge in [-0.2, -0.15) is 5.10 Å². The number of nitrogens with one attached hydrogen (secondary N) is 1. The van der Waals surface area contributed by atoms with Crippen molar-refractivity contribution in [2.45, 2.75) is 58.7 Å². The third-order valence-corrected chi connectivity index (χ3v) is 3.98. The Morgan fingerprint density at radius 1 is 1.33 bits per heavy atom. The van der Waals surface area contributed by atoms with E-state index in [1.54, 1.807) is 16.5 Å². The van der Waals surface area contributed by atoms with E-state index in [1.165, 1.54) is 0 Å². The molecular formula is C15H24N4O2. The van der Waals surface area contributed by atoms with E-state index >= 15 is 0 Å². The molecule has 0 radical (unpaired) electrons. The first-order valence-corrected chi connectivity index (χ1v) is 7.60. The molecule has 21 heavy (non-hydrogen) atoms. The van der Waals surface area contributed by atoms with Crippen molar-refractivity contribution < 1.29 is 9.59 Å². The van der Waals surface area contributed by atoms with Crippen LogP contribution >= 0.6 is 0 Å². The van der Waals surface area contributed by atoms with Crippen LogP contribution in [0.15, 0.2) is 6.07 Å². The summed E-state index contributed by atoms with van der Waals surface area (Å²) in [5.74, 6) is -0.0749. The van der Waals surface area contributed by atoms with E-state index in [9.17, 15) is 9.59 Å². The molecule has 1 aliphatic heterocycles. The minimum Gasteiger partial charge on any atom is -0.343 e. The molecule has 2 unspecified atom stereocenters. The zero-order valence-electron chi connectivity index (χ0n) is 13.2. The Morgan fingerprint density at radius 3 is 2.62 bits per heavy atom. The molecule has 1 aromatic heterocycles. The molecule has 1 aromatic rings. The highest BCUT2D eigenvalue weighted by Crippen LogP contribution is 2.18. The van der Waals surface area contributed by atoms with Crippen LogP contribution in [-0.2, 0) is 29.6 Å². The Bertz CT molecular complexity index is 538. The van der Waals surface area contributed by atoms with Gasteiger partial charge in [0.1, 0.15) is 12.1 Å². The Labute approximate surface area is 125 Å². The van der Waals surface area contributed by atoms with E-state index in [0.29, 0.717) is 13.0 Å². The number of piperazine rings is 1. The number of rotatable bonds is 5. The van der Waals surface area contributed by atoms with Crippen LogP contribution in [0.4, 0.5) is 0 Å². The van der Waals surface area contributed by atoms with Crippen molar-refractivity contribution in [3.8, 4) is 0 Å². The third kappa shape index (κ3) is 3.09. The van der Waals surface area contributed by atoms with E-state index in [-0.39, 0.29) is 17.9 Å². The van der Waals surface area contributed by atoms with Gasteiger partial charge in [0, 0.05) is 7.05 Å². The quantitative estimate of drug-likeness (QED) is 0.880. The summed E-state index contributed by atoms with van der Waals surface area (Å²) in [6.07, 6.45) is 2.40. The van der Waals surface area contributed by atoms with Crippen LogP contribution in [-0.4, -0.2) is 38.6 Å². The van der Waals surface area contributed by atoms with E-state index in [2.05, 4.69) is 10.4 Å². The number of hydrogen-bond donors (Lipinski definition) is 1.